The minimum absolute atomic E-state index is 1.08. The van der Waals surface area contributed by atoms with Crippen LogP contribution in [0.2, 0.25) is 0 Å². The van der Waals surface area contributed by atoms with Crippen molar-refractivity contribution < 1.29 is 0 Å². The molecule has 0 bridgehead atoms. The SMILES string of the molecule is c1ccc(-c2ccc(-c3ccccc3)c(-n3c4ccccc4c4ccc(N(c5ccccc5)c5ccc(-c6ccc7ccccc7c6)cc5-c5ccccc5)cc43)c2)cc1. The molecule has 0 saturated heterocycles. The number of nitrogens with zero attached hydrogens (tertiary/aromatic N) is 2. The van der Waals surface area contributed by atoms with Gasteiger partial charge in [0.15, 0.2) is 0 Å². The molecule has 282 valence electrons. The number of aromatic nitrogens is 1. The highest BCUT2D eigenvalue weighted by atomic mass is 15.1. The number of rotatable bonds is 8. The Labute approximate surface area is 350 Å². The molecule has 0 aliphatic heterocycles. The molecule has 0 aliphatic carbocycles. The second-order valence-corrected chi connectivity index (χ2v) is 15.3. The molecule has 0 N–H and O–H groups in total. The highest BCUT2D eigenvalue weighted by Gasteiger charge is 2.22. The first-order valence-corrected chi connectivity index (χ1v) is 20.6. The van der Waals surface area contributed by atoms with E-state index in [0.29, 0.717) is 0 Å². The number of hydrogen-bond donors (Lipinski definition) is 0. The first-order valence-electron chi connectivity index (χ1n) is 20.6. The lowest BCUT2D eigenvalue weighted by atomic mass is 9.95. The van der Waals surface area contributed by atoms with Gasteiger partial charge in [-0.3, -0.25) is 0 Å². The largest absolute Gasteiger partial charge is 0.310 e. The molecule has 11 aromatic rings. The fourth-order valence-corrected chi connectivity index (χ4v) is 8.88. The third-order valence-corrected chi connectivity index (χ3v) is 11.8. The molecule has 60 heavy (non-hydrogen) atoms. The Balaban J connectivity index is 1.16. The van der Waals surface area contributed by atoms with Gasteiger partial charge in [0.25, 0.3) is 0 Å². The molecule has 0 radical (unpaired) electrons. The van der Waals surface area contributed by atoms with Gasteiger partial charge in [0.05, 0.1) is 22.4 Å². The zero-order valence-corrected chi connectivity index (χ0v) is 33.0. The standard InChI is InChI=1S/C58H40N2/c1-5-17-41(18-6-1)48-31-34-51(43-20-7-2-8-21-43)57(39-48)60-55-28-16-15-27-52(55)53-35-33-50(40-58(53)60)59(49-25-11-4-12-26-49)56-36-32-47(38-54(56)44-22-9-3-10-23-44)46-30-29-42-19-13-14-24-45(42)37-46/h1-40H. The van der Waals surface area contributed by atoms with E-state index in [1.807, 2.05) is 0 Å². The van der Waals surface area contributed by atoms with Crippen molar-refractivity contribution in [3.05, 3.63) is 243 Å². The summed E-state index contributed by atoms with van der Waals surface area (Å²) < 4.78 is 2.48. The smallest absolute Gasteiger partial charge is 0.0562 e. The number of benzene rings is 10. The molecule has 0 aliphatic rings. The van der Waals surface area contributed by atoms with E-state index in [1.165, 1.54) is 60.4 Å². The van der Waals surface area contributed by atoms with Crippen LogP contribution in [-0.2, 0) is 0 Å². The van der Waals surface area contributed by atoms with Gasteiger partial charge in [-0.05, 0) is 98.8 Å². The second kappa shape index (κ2) is 15.1. The van der Waals surface area contributed by atoms with Crippen molar-refractivity contribution in [2.75, 3.05) is 4.90 Å². The van der Waals surface area contributed by atoms with Crippen molar-refractivity contribution in [1.29, 1.82) is 0 Å². The summed E-state index contributed by atoms with van der Waals surface area (Å²) in [6, 6.07) is 88.0. The van der Waals surface area contributed by atoms with Gasteiger partial charge in [-0.1, -0.05) is 188 Å². The Kier molecular flexibility index (Phi) is 8.87. The van der Waals surface area contributed by atoms with Gasteiger partial charge < -0.3 is 9.47 Å². The van der Waals surface area contributed by atoms with Gasteiger partial charge in [0, 0.05) is 33.3 Å². The fourth-order valence-electron chi connectivity index (χ4n) is 8.88. The Morgan fingerprint density at radius 3 is 1.58 bits per heavy atom. The van der Waals surface area contributed by atoms with Gasteiger partial charge in [0.2, 0.25) is 0 Å². The lowest BCUT2D eigenvalue weighted by molar-refractivity contribution is 1.18. The quantitative estimate of drug-likeness (QED) is 0.150. The van der Waals surface area contributed by atoms with E-state index in [0.717, 1.165) is 39.4 Å². The van der Waals surface area contributed by atoms with Gasteiger partial charge in [-0.25, -0.2) is 0 Å². The van der Waals surface area contributed by atoms with E-state index in [4.69, 9.17) is 0 Å². The van der Waals surface area contributed by atoms with Crippen LogP contribution in [0.5, 0.6) is 0 Å². The molecule has 0 spiro atoms. The lowest BCUT2D eigenvalue weighted by Crippen LogP contribution is -2.11. The third kappa shape index (κ3) is 6.32. The van der Waals surface area contributed by atoms with Crippen LogP contribution in [0.15, 0.2) is 243 Å². The first-order chi connectivity index (χ1) is 29.8. The Morgan fingerprint density at radius 2 is 0.833 bits per heavy atom. The van der Waals surface area contributed by atoms with Crippen molar-refractivity contribution in [3.8, 4) is 50.2 Å². The van der Waals surface area contributed by atoms with Crippen LogP contribution in [0.25, 0.3) is 82.8 Å². The number of anilines is 3. The van der Waals surface area contributed by atoms with Crippen LogP contribution in [-0.4, -0.2) is 4.57 Å². The zero-order valence-electron chi connectivity index (χ0n) is 33.0. The summed E-state index contributed by atoms with van der Waals surface area (Å²) in [6.45, 7) is 0. The van der Waals surface area contributed by atoms with Crippen molar-refractivity contribution in [1.82, 2.24) is 4.57 Å². The summed E-state index contributed by atoms with van der Waals surface area (Å²) in [5.74, 6) is 0. The average molecular weight is 765 g/mol. The van der Waals surface area contributed by atoms with E-state index in [9.17, 15) is 0 Å². The van der Waals surface area contributed by atoms with Crippen LogP contribution in [0.3, 0.4) is 0 Å². The normalized spacial score (nSPS) is 11.3. The Bertz CT molecular complexity index is 3300. The molecule has 0 saturated carbocycles. The van der Waals surface area contributed by atoms with Crippen LogP contribution in [0.1, 0.15) is 0 Å². The molecule has 10 aromatic carbocycles. The second-order valence-electron chi connectivity index (χ2n) is 15.3. The number of fused-ring (bicyclic) bond motifs is 4. The Morgan fingerprint density at radius 1 is 0.283 bits per heavy atom. The summed E-state index contributed by atoms with van der Waals surface area (Å²) in [6.07, 6.45) is 0. The average Bonchev–Trinajstić information content (AvgIpc) is 3.66. The molecular formula is C58H40N2. The summed E-state index contributed by atoms with van der Waals surface area (Å²) >= 11 is 0. The molecule has 0 fully saturated rings. The van der Waals surface area contributed by atoms with E-state index in [-0.39, 0.29) is 0 Å². The van der Waals surface area contributed by atoms with E-state index < -0.39 is 0 Å². The third-order valence-electron chi connectivity index (χ3n) is 11.8. The number of para-hydroxylation sites is 2. The molecule has 1 aromatic heterocycles. The first kappa shape index (κ1) is 35.2. The van der Waals surface area contributed by atoms with Crippen molar-refractivity contribution in [2.45, 2.75) is 0 Å². The predicted octanol–water partition coefficient (Wildman–Crippen LogP) is 16.1. The van der Waals surface area contributed by atoms with Crippen molar-refractivity contribution in [2.24, 2.45) is 0 Å². The lowest BCUT2D eigenvalue weighted by Gasteiger charge is -2.28. The summed E-state index contributed by atoms with van der Waals surface area (Å²) in [5.41, 5.74) is 16.2. The summed E-state index contributed by atoms with van der Waals surface area (Å²) in [7, 11) is 0. The van der Waals surface area contributed by atoms with Gasteiger partial charge in [-0.15, -0.1) is 0 Å². The molecule has 0 amide bonds. The maximum absolute atomic E-state index is 2.48. The maximum atomic E-state index is 2.48. The molecular weight excluding hydrogens is 725 g/mol. The molecule has 2 nitrogen and oxygen atoms in total. The minimum atomic E-state index is 1.08. The highest BCUT2D eigenvalue weighted by Crippen LogP contribution is 2.45. The van der Waals surface area contributed by atoms with E-state index in [1.54, 1.807) is 0 Å². The van der Waals surface area contributed by atoms with E-state index in [2.05, 4.69) is 252 Å². The topological polar surface area (TPSA) is 8.17 Å². The van der Waals surface area contributed by atoms with Crippen molar-refractivity contribution >= 4 is 49.6 Å². The van der Waals surface area contributed by atoms with Gasteiger partial charge in [-0.2, -0.15) is 0 Å². The molecule has 0 unspecified atom stereocenters. The number of hydrogen-bond acceptors (Lipinski definition) is 1. The molecule has 0 atom stereocenters. The van der Waals surface area contributed by atoms with Crippen molar-refractivity contribution in [3.63, 3.8) is 0 Å². The molecule has 2 heteroatoms. The predicted molar refractivity (Wildman–Crippen MR) is 255 cm³/mol. The monoisotopic (exact) mass is 764 g/mol. The Hall–Kier alpha value is -7.94. The maximum Gasteiger partial charge on any atom is 0.0562 e. The van der Waals surface area contributed by atoms with E-state index >= 15 is 0 Å². The minimum Gasteiger partial charge on any atom is -0.310 e. The van der Waals surface area contributed by atoms with Crippen LogP contribution in [0.4, 0.5) is 17.1 Å². The molecule has 11 rings (SSSR count). The summed E-state index contributed by atoms with van der Waals surface area (Å²) in [4.78, 5) is 2.42. The van der Waals surface area contributed by atoms with Crippen LogP contribution >= 0.6 is 0 Å². The van der Waals surface area contributed by atoms with Gasteiger partial charge in [0.1, 0.15) is 0 Å². The highest BCUT2D eigenvalue weighted by molar-refractivity contribution is 6.11. The van der Waals surface area contributed by atoms with Gasteiger partial charge >= 0.3 is 0 Å². The van der Waals surface area contributed by atoms with Crippen LogP contribution < -0.4 is 4.90 Å². The molecule has 1 heterocycles. The zero-order chi connectivity index (χ0) is 39.8. The van der Waals surface area contributed by atoms with Crippen LogP contribution in [0, 0.1) is 0 Å². The fraction of sp³-hybridized carbons (Fsp3) is 0. The summed E-state index contributed by atoms with van der Waals surface area (Å²) in [5, 5.41) is 4.91.